The Bertz CT molecular complexity index is 1320. The first-order valence-electron chi connectivity index (χ1n) is 11.3. The molecule has 0 aliphatic carbocycles. The monoisotopic (exact) mass is 451 g/mol. The van der Waals surface area contributed by atoms with Gasteiger partial charge >= 0.3 is 0 Å². The third-order valence-corrected chi connectivity index (χ3v) is 5.89. The molecule has 1 aliphatic rings. The fourth-order valence-corrected chi connectivity index (χ4v) is 4.21. The number of nitrogens with zero attached hydrogens (tertiary/aromatic N) is 3. The molecule has 1 aromatic heterocycles. The van der Waals surface area contributed by atoms with Crippen LogP contribution in [0, 0.1) is 0 Å². The molecule has 2 N–H and O–H groups in total. The van der Waals surface area contributed by atoms with Crippen LogP contribution < -0.4 is 15.5 Å². The number of anilines is 4. The molecule has 0 unspecified atom stereocenters. The van der Waals surface area contributed by atoms with Crippen molar-refractivity contribution < 1.29 is 9.59 Å². The Morgan fingerprint density at radius 1 is 0.912 bits per heavy atom. The van der Waals surface area contributed by atoms with Crippen molar-refractivity contribution in [3.05, 3.63) is 103 Å². The molecule has 5 rings (SSSR count). The number of rotatable bonds is 7. The van der Waals surface area contributed by atoms with Gasteiger partial charge in [-0.15, -0.1) is 0 Å². The van der Waals surface area contributed by atoms with Crippen molar-refractivity contribution in [1.82, 2.24) is 9.55 Å². The van der Waals surface area contributed by atoms with E-state index in [0.717, 1.165) is 24.3 Å². The maximum Gasteiger partial charge on any atom is 0.255 e. The predicted molar refractivity (Wildman–Crippen MR) is 133 cm³/mol. The maximum atomic E-state index is 13.1. The molecule has 7 nitrogen and oxygen atoms in total. The van der Waals surface area contributed by atoms with Crippen molar-refractivity contribution in [3.63, 3.8) is 0 Å². The topological polar surface area (TPSA) is 79.3 Å². The highest BCUT2D eigenvalue weighted by Gasteiger charge is 2.22. The number of carbonyl (C=O) groups is 2. The van der Waals surface area contributed by atoms with Gasteiger partial charge in [0.2, 0.25) is 5.91 Å². The molecule has 0 saturated heterocycles. The molecule has 2 amide bonds. The molecule has 1 aliphatic heterocycles. The highest BCUT2D eigenvalue weighted by molar-refractivity contribution is 6.07. The standard InChI is InChI=1S/C27H25N5O2/c33-26(13-15-31-17-14-28-19-31)29-22-8-5-7-21(18-22)27(34)30-23-9-2-4-11-25(23)32-16-12-20-6-1-3-10-24(20)32/h1-11,14,17-19H,12-13,15-16H2,(H,29,33)(H,30,34). The predicted octanol–water partition coefficient (Wildman–Crippen LogP) is 4.86. The Kier molecular flexibility index (Phi) is 6.07. The molecule has 4 aromatic rings. The van der Waals surface area contributed by atoms with Crippen molar-refractivity contribution >= 4 is 34.6 Å². The number of benzene rings is 3. The van der Waals surface area contributed by atoms with Gasteiger partial charge in [-0.2, -0.15) is 0 Å². The highest BCUT2D eigenvalue weighted by Crippen LogP contribution is 2.38. The van der Waals surface area contributed by atoms with Gasteiger partial charge in [0.15, 0.2) is 0 Å². The summed E-state index contributed by atoms with van der Waals surface area (Å²) in [6, 6.07) is 23.2. The van der Waals surface area contributed by atoms with E-state index in [9.17, 15) is 9.59 Å². The van der Waals surface area contributed by atoms with Crippen molar-refractivity contribution in [3.8, 4) is 0 Å². The quantitative estimate of drug-likeness (QED) is 0.421. The Morgan fingerprint density at radius 2 is 1.74 bits per heavy atom. The van der Waals surface area contributed by atoms with Crippen molar-refractivity contribution in [1.29, 1.82) is 0 Å². The molecule has 0 atom stereocenters. The maximum absolute atomic E-state index is 13.1. The second-order valence-electron chi connectivity index (χ2n) is 8.18. The fraction of sp³-hybridized carbons (Fsp3) is 0.148. The summed E-state index contributed by atoms with van der Waals surface area (Å²) in [4.78, 5) is 31.6. The molecule has 170 valence electrons. The van der Waals surface area contributed by atoms with Crippen molar-refractivity contribution in [2.24, 2.45) is 0 Å². The van der Waals surface area contributed by atoms with E-state index in [4.69, 9.17) is 0 Å². The summed E-state index contributed by atoms with van der Waals surface area (Å²) in [7, 11) is 0. The molecule has 3 aromatic carbocycles. The fourth-order valence-electron chi connectivity index (χ4n) is 4.21. The second kappa shape index (κ2) is 9.62. The van der Waals surface area contributed by atoms with Gasteiger partial charge in [-0.3, -0.25) is 9.59 Å². The van der Waals surface area contributed by atoms with Crippen LogP contribution in [0.1, 0.15) is 22.3 Å². The summed E-state index contributed by atoms with van der Waals surface area (Å²) >= 11 is 0. The Morgan fingerprint density at radius 3 is 2.59 bits per heavy atom. The smallest absolute Gasteiger partial charge is 0.255 e. The van der Waals surface area contributed by atoms with Crippen LogP contribution in [0.15, 0.2) is 91.5 Å². The number of aryl methyl sites for hydroxylation is 1. The minimum absolute atomic E-state index is 0.121. The van der Waals surface area contributed by atoms with Crippen LogP contribution in [0.25, 0.3) is 0 Å². The number of hydrogen-bond donors (Lipinski definition) is 2. The second-order valence-corrected chi connectivity index (χ2v) is 8.18. The molecular weight excluding hydrogens is 426 g/mol. The summed E-state index contributed by atoms with van der Waals surface area (Å²) in [5, 5.41) is 5.92. The van der Waals surface area contributed by atoms with Crippen molar-refractivity contribution in [2.45, 2.75) is 19.4 Å². The van der Waals surface area contributed by atoms with Gasteiger partial charge in [0.05, 0.1) is 17.7 Å². The van der Waals surface area contributed by atoms with Crippen LogP contribution in [0.2, 0.25) is 0 Å². The van der Waals surface area contributed by atoms with Crippen LogP contribution in [0.4, 0.5) is 22.7 Å². The molecule has 0 bridgehead atoms. The van der Waals surface area contributed by atoms with E-state index in [2.05, 4.69) is 38.7 Å². The number of aromatic nitrogens is 2. The van der Waals surface area contributed by atoms with E-state index in [1.54, 1.807) is 36.8 Å². The Labute approximate surface area is 198 Å². The number of nitrogens with one attached hydrogen (secondary N) is 2. The van der Waals surface area contributed by atoms with Gasteiger partial charge in [0.1, 0.15) is 0 Å². The first-order chi connectivity index (χ1) is 16.7. The van der Waals surface area contributed by atoms with Gasteiger partial charge in [-0.25, -0.2) is 4.98 Å². The number of para-hydroxylation sites is 3. The molecule has 7 heteroatoms. The van der Waals surface area contributed by atoms with Gasteiger partial charge in [0.25, 0.3) is 5.91 Å². The SMILES string of the molecule is O=C(CCn1ccnc1)Nc1cccc(C(=O)Nc2ccccc2N2CCc3ccccc32)c1. The number of carbonyl (C=O) groups excluding carboxylic acids is 2. The van der Waals surface area contributed by atoms with Gasteiger partial charge in [-0.1, -0.05) is 36.4 Å². The minimum Gasteiger partial charge on any atom is -0.339 e. The molecule has 0 spiro atoms. The third-order valence-electron chi connectivity index (χ3n) is 5.89. The average molecular weight is 452 g/mol. The zero-order valence-corrected chi connectivity index (χ0v) is 18.6. The lowest BCUT2D eigenvalue weighted by atomic mass is 10.1. The molecule has 0 saturated carbocycles. The normalized spacial score (nSPS) is 12.3. The van der Waals surface area contributed by atoms with E-state index in [-0.39, 0.29) is 11.8 Å². The van der Waals surface area contributed by atoms with Crippen LogP contribution in [0.5, 0.6) is 0 Å². The number of amides is 2. The molecule has 0 fully saturated rings. The van der Waals surface area contributed by atoms with Crippen LogP contribution >= 0.6 is 0 Å². The zero-order chi connectivity index (χ0) is 23.3. The van der Waals surface area contributed by atoms with Crippen molar-refractivity contribution in [2.75, 3.05) is 22.1 Å². The van der Waals surface area contributed by atoms with E-state index in [0.29, 0.717) is 24.2 Å². The van der Waals surface area contributed by atoms with Crippen LogP contribution in [-0.4, -0.2) is 27.9 Å². The first-order valence-corrected chi connectivity index (χ1v) is 11.3. The van der Waals surface area contributed by atoms with Gasteiger partial charge < -0.3 is 20.1 Å². The summed E-state index contributed by atoms with van der Waals surface area (Å²) in [6.07, 6.45) is 6.47. The number of fused-ring (bicyclic) bond motifs is 1. The Balaban J connectivity index is 1.28. The molecule has 2 heterocycles. The van der Waals surface area contributed by atoms with Gasteiger partial charge in [0, 0.05) is 48.8 Å². The van der Waals surface area contributed by atoms with E-state index < -0.39 is 0 Å². The number of imidazole rings is 1. The van der Waals surface area contributed by atoms with Crippen LogP contribution in [-0.2, 0) is 17.8 Å². The highest BCUT2D eigenvalue weighted by atomic mass is 16.2. The summed E-state index contributed by atoms with van der Waals surface area (Å²) < 4.78 is 1.85. The lowest BCUT2D eigenvalue weighted by molar-refractivity contribution is -0.116. The third kappa shape index (κ3) is 4.68. The lowest BCUT2D eigenvalue weighted by Gasteiger charge is -2.23. The van der Waals surface area contributed by atoms with Gasteiger partial charge in [-0.05, 0) is 48.4 Å². The summed E-state index contributed by atoms with van der Waals surface area (Å²) in [5.74, 6) is -0.348. The largest absolute Gasteiger partial charge is 0.339 e. The first kappa shape index (κ1) is 21.5. The van der Waals surface area contributed by atoms with Crippen LogP contribution in [0.3, 0.4) is 0 Å². The summed E-state index contributed by atoms with van der Waals surface area (Å²) in [6.45, 7) is 1.41. The molecule has 34 heavy (non-hydrogen) atoms. The molecular formula is C27H25N5O2. The van der Waals surface area contributed by atoms with E-state index in [1.165, 1.54) is 11.3 Å². The summed E-state index contributed by atoms with van der Waals surface area (Å²) in [5.41, 5.74) is 5.25. The van der Waals surface area contributed by atoms with E-state index >= 15 is 0 Å². The van der Waals surface area contributed by atoms with E-state index in [1.807, 2.05) is 41.1 Å². The molecule has 0 radical (unpaired) electrons. The zero-order valence-electron chi connectivity index (χ0n) is 18.6. The lowest BCUT2D eigenvalue weighted by Crippen LogP contribution is -2.19. The minimum atomic E-state index is -0.227. The average Bonchev–Trinajstić information content (AvgIpc) is 3.53. The Hall–Kier alpha value is -4.39. The number of hydrogen-bond acceptors (Lipinski definition) is 4.